The number of likely N-dealkylation sites (tertiary alicyclic amines) is 1. The van der Waals surface area contributed by atoms with Gasteiger partial charge in [-0.05, 0) is 50.7 Å². The summed E-state index contributed by atoms with van der Waals surface area (Å²) in [5.41, 5.74) is 1.08. The molecule has 1 aliphatic heterocycles. The zero-order valence-corrected chi connectivity index (χ0v) is 9.72. The molecule has 0 atom stereocenters. The molecular weight excluding hydrogens is 200 g/mol. The van der Waals surface area contributed by atoms with Crippen LogP contribution in [0.4, 0.5) is 0 Å². The van der Waals surface area contributed by atoms with Crippen molar-refractivity contribution in [1.29, 1.82) is 0 Å². The van der Waals surface area contributed by atoms with Gasteiger partial charge in [0.25, 0.3) is 0 Å². The summed E-state index contributed by atoms with van der Waals surface area (Å²) in [5, 5.41) is 0. The molecule has 1 aromatic rings. The van der Waals surface area contributed by atoms with E-state index in [2.05, 4.69) is 16.9 Å². The molecule has 1 saturated heterocycles. The SMILES string of the molecule is CN1CCC(C(=O)Cc2ccncc2)CC1. The second-order valence-corrected chi connectivity index (χ2v) is 4.58. The third-order valence-electron chi connectivity index (χ3n) is 3.30. The fourth-order valence-electron chi connectivity index (χ4n) is 2.18. The number of hydrogen-bond donors (Lipinski definition) is 0. The number of carbonyl (C=O) groups excluding carboxylic acids is 1. The standard InChI is InChI=1S/C13H18N2O/c1-15-8-4-12(5-9-15)13(16)10-11-2-6-14-7-3-11/h2-3,6-7,12H,4-5,8-10H2,1H3. The molecule has 16 heavy (non-hydrogen) atoms. The van der Waals surface area contributed by atoms with E-state index in [4.69, 9.17) is 0 Å². The molecule has 3 heteroatoms. The fraction of sp³-hybridized carbons (Fsp3) is 0.538. The topological polar surface area (TPSA) is 33.2 Å². The van der Waals surface area contributed by atoms with Crippen molar-refractivity contribution in [3.8, 4) is 0 Å². The number of carbonyl (C=O) groups is 1. The second kappa shape index (κ2) is 5.21. The van der Waals surface area contributed by atoms with Crippen molar-refractivity contribution in [3.63, 3.8) is 0 Å². The Morgan fingerprint density at radius 3 is 2.62 bits per heavy atom. The molecule has 1 fully saturated rings. The number of Topliss-reactive ketones (excluding diaryl/α,β-unsaturated/α-hetero) is 1. The minimum atomic E-state index is 0.268. The van der Waals surface area contributed by atoms with Crippen LogP contribution in [0, 0.1) is 5.92 Å². The van der Waals surface area contributed by atoms with Gasteiger partial charge in [0.15, 0.2) is 0 Å². The largest absolute Gasteiger partial charge is 0.306 e. The Bertz CT molecular complexity index is 342. The number of ketones is 1. The number of aromatic nitrogens is 1. The Morgan fingerprint density at radius 1 is 1.38 bits per heavy atom. The molecule has 0 N–H and O–H groups in total. The van der Waals surface area contributed by atoms with E-state index in [0.717, 1.165) is 31.5 Å². The van der Waals surface area contributed by atoms with Crippen molar-refractivity contribution in [2.24, 2.45) is 5.92 Å². The van der Waals surface area contributed by atoms with Crippen molar-refractivity contribution in [3.05, 3.63) is 30.1 Å². The number of nitrogens with zero attached hydrogens (tertiary/aromatic N) is 2. The quantitative estimate of drug-likeness (QED) is 0.771. The first-order valence-electron chi connectivity index (χ1n) is 5.86. The Hall–Kier alpha value is -1.22. The van der Waals surface area contributed by atoms with Crippen molar-refractivity contribution >= 4 is 5.78 Å². The first kappa shape index (κ1) is 11.3. The van der Waals surface area contributed by atoms with Crippen LogP contribution in [0.15, 0.2) is 24.5 Å². The van der Waals surface area contributed by atoms with Gasteiger partial charge in [-0.3, -0.25) is 9.78 Å². The van der Waals surface area contributed by atoms with Gasteiger partial charge < -0.3 is 4.90 Å². The van der Waals surface area contributed by atoms with E-state index in [-0.39, 0.29) is 5.92 Å². The number of rotatable bonds is 3. The number of piperidine rings is 1. The van der Waals surface area contributed by atoms with Gasteiger partial charge in [0, 0.05) is 24.7 Å². The molecule has 0 radical (unpaired) electrons. The van der Waals surface area contributed by atoms with Gasteiger partial charge in [0.05, 0.1) is 0 Å². The van der Waals surface area contributed by atoms with Crippen molar-refractivity contribution in [2.75, 3.05) is 20.1 Å². The lowest BCUT2D eigenvalue weighted by molar-refractivity contribution is -0.123. The zero-order chi connectivity index (χ0) is 11.4. The molecule has 0 amide bonds. The minimum absolute atomic E-state index is 0.268. The second-order valence-electron chi connectivity index (χ2n) is 4.58. The highest BCUT2D eigenvalue weighted by atomic mass is 16.1. The maximum absolute atomic E-state index is 12.0. The van der Waals surface area contributed by atoms with Crippen molar-refractivity contribution in [2.45, 2.75) is 19.3 Å². The van der Waals surface area contributed by atoms with E-state index in [1.807, 2.05) is 12.1 Å². The van der Waals surface area contributed by atoms with Gasteiger partial charge in [0.1, 0.15) is 5.78 Å². The Balaban J connectivity index is 1.89. The van der Waals surface area contributed by atoms with Crippen LogP contribution in [-0.4, -0.2) is 35.8 Å². The van der Waals surface area contributed by atoms with Gasteiger partial charge in [-0.2, -0.15) is 0 Å². The minimum Gasteiger partial charge on any atom is -0.306 e. The molecule has 1 aliphatic rings. The molecule has 0 bridgehead atoms. The maximum Gasteiger partial charge on any atom is 0.140 e. The Labute approximate surface area is 96.5 Å². The Morgan fingerprint density at radius 2 is 2.00 bits per heavy atom. The zero-order valence-electron chi connectivity index (χ0n) is 9.72. The predicted octanol–water partition coefficient (Wildman–Crippen LogP) is 1.54. The number of pyridine rings is 1. The molecule has 86 valence electrons. The highest BCUT2D eigenvalue weighted by Crippen LogP contribution is 2.18. The van der Waals surface area contributed by atoms with Gasteiger partial charge in [-0.25, -0.2) is 0 Å². The van der Waals surface area contributed by atoms with Crippen molar-refractivity contribution in [1.82, 2.24) is 9.88 Å². The molecule has 2 heterocycles. The van der Waals surface area contributed by atoms with Crippen LogP contribution < -0.4 is 0 Å². The summed E-state index contributed by atoms with van der Waals surface area (Å²) in [6, 6.07) is 3.85. The van der Waals surface area contributed by atoms with Gasteiger partial charge in [0.2, 0.25) is 0 Å². The summed E-state index contributed by atoms with van der Waals surface area (Å²) in [4.78, 5) is 18.3. The Kier molecular flexibility index (Phi) is 3.67. The van der Waals surface area contributed by atoms with E-state index in [1.54, 1.807) is 12.4 Å². The molecule has 0 saturated carbocycles. The highest BCUT2D eigenvalue weighted by Gasteiger charge is 2.22. The van der Waals surface area contributed by atoms with Gasteiger partial charge in [-0.1, -0.05) is 0 Å². The third-order valence-corrected chi connectivity index (χ3v) is 3.30. The smallest absolute Gasteiger partial charge is 0.140 e. The van der Waals surface area contributed by atoms with Crippen LogP contribution >= 0.6 is 0 Å². The van der Waals surface area contributed by atoms with E-state index in [0.29, 0.717) is 12.2 Å². The lowest BCUT2D eigenvalue weighted by Crippen LogP contribution is -2.34. The monoisotopic (exact) mass is 218 g/mol. The van der Waals surface area contributed by atoms with E-state index in [1.165, 1.54) is 0 Å². The maximum atomic E-state index is 12.0. The molecule has 0 aliphatic carbocycles. The van der Waals surface area contributed by atoms with Crippen molar-refractivity contribution < 1.29 is 4.79 Å². The molecule has 2 rings (SSSR count). The van der Waals surface area contributed by atoms with Crippen LogP contribution in [-0.2, 0) is 11.2 Å². The summed E-state index contributed by atoms with van der Waals surface area (Å²) in [7, 11) is 2.11. The summed E-state index contributed by atoms with van der Waals surface area (Å²) >= 11 is 0. The fourth-order valence-corrected chi connectivity index (χ4v) is 2.18. The molecule has 0 aromatic carbocycles. The predicted molar refractivity (Wildman–Crippen MR) is 63.2 cm³/mol. The van der Waals surface area contributed by atoms with E-state index < -0.39 is 0 Å². The molecular formula is C13H18N2O. The van der Waals surface area contributed by atoms with Crippen LogP contribution in [0.1, 0.15) is 18.4 Å². The molecule has 3 nitrogen and oxygen atoms in total. The summed E-state index contributed by atoms with van der Waals surface area (Å²) in [6.45, 7) is 2.10. The summed E-state index contributed by atoms with van der Waals surface area (Å²) < 4.78 is 0. The van der Waals surface area contributed by atoms with Gasteiger partial charge in [-0.15, -0.1) is 0 Å². The van der Waals surface area contributed by atoms with Gasteiger partial charge >= 0.3 is 0 Å². The van der Waals surface area contributed by atoms with E-state index >= 15 is 0 Å². The normalized spacial score (nSPS) is 18.6. The lowest BCUT2D eigenvalue weighted by Gasteiger charge is -2.27. The average molecular weight is 218 g/mol. The number of hydrogen-bond acceptors (Lipinski definition) is 3. The lowest BCUT2D eigenvalue weighted by atomic mass is 9.90. The van der Waals surface area contributed by atoms with E-state index in [9.17, 15) is 4.79 Å². The summed E-state index contributed by atoms with van der Waals surface area (Å²) in [6.07, 6.45) is 6.09. The first-order valence-corrected chi connectivity index (χ1v) is 5.86. The first-order chi connectivity index (χ1) is 7.75. The van der Waals surface area contributed by atoms with Crippen LogP contribution in [0.25, 0.3) is 0 Å². The summed E-state index contributed by atoms with van der Waals surface area (Å²) in [5.74, 6) is 0.656. The van der Waals surface area contributed by atoms with Crippen LogP contribution in [0.3, 0.4) is 0 Å². The molecule has 0 spiro atoms. The van der Waals surface area contributed by atoms with Crippen LogP contribution in [0.2, 0.25) is 0 Å². The average Bonchev–Trinajstić information content (AvgIpc) is 2.31. The molecule has 1 aromatic heterocycles. The third kappa shape index (κ3) is 2.89. The van der Waals surface area contributed by atoms with Crippen LogP contribution in [0.5, 0.6) is 0 Å². The molecule has 0 unspecified atom stereocenters. The highest BCUT2D eigenvalue weighted by molar-refractivity contribution is 5.83.